The Bertz CT molecular complexity index is 770. The first-order chi connectivity index (χ1) is 12.1. The van der Waals surface area contributed by atoms with Crippen LogP contribution in [0.3, 0.4) is 0 Å². The van der Waals surface area contributed by atoms with Gasteiger partial charge in [0.15, 0.2) is 0 Å². The Labute approximate surface area is 148 Å². The largest absolute Gasteiger partial charge is 0.356 e. The van der Waals surface area contributed by atoms with Crippen LogP contribution in [-0.2, 0) is 22.4 Å². The van der Waals surface area contributed by atoms with E-state index in [9.17, 15) is 9.59 Å². The van der Waals surface area contributed by atoms with Crippen molar-refractivity contribution < 1.29 is 9.59 Å². The molecule has 0 saturated carbocycles. The molecule has 2 amide bonds. The first kappa shape index (κ1) is 17.2. The maximum atomic E-state index is 12.2. The Kier molecular flexibility index (Phi) is 5.49. The molecule has 0 radical (unpaired) electrons. The van der Waals surface area contributed by atoms with Crippen LogP contribution in [0.4, 0.5) is 5.69 Å². The predicted molar refractivity (Wildman–Crippen MR) is 99.4 cm³/mol. The molecule has 130 valence electrons. The smallest absolute Gasteiger partial charge is 0.227 e. The molecule has 1 heterocycles. The molecular formula is C21H24N2O2. The molecule has 1 atom stereocenters. The highest BCUT2D eigenvalue weighted by Gasteiger charge is 2.26. The van der Waals surface area contributed by atoms with Gasteiger partial charge in [-0.05, 0) is 48.9 Å². The third-order valence-electron chi connectivity index (χ3n) is 4.81. The summed E-state index contributed by atoms with van der Waals surface area (Å²) in [5, 5.41) is 5.90. The number of aryl methyl sites for hydroxylation is 1. The van der Waals surface area contributed by atoms with Crippen molar-refractivity contribution in [1.82, 2.24) is 5.32 Å². The van der Waals surface area contributed by atoms with Gasteiger partial charge in [-0.1, -0.05) is 42.5 Å². The van der Waals surface area contributed by atoms with E-state index in [0.29, 0.717) is 25.8 Å². The van der Waals surface area contributed by atoms with Gasteiger partial charge in [0.25, 0.3) is 0 Å². The van der Waals surface area contributed by atoms with Crippen molar-refractivity contribution in [1.29, 1.82) is 0 Å². The number of hydrogen-bond donors (Lipinski definition) is 2. The Morgan fingerprint density at radius 2 is 1.92 bits per heavy atom. The van der Waals surface area contributed by atoms with Crippen molar-refractivity contribution in [3.63, 3.8) is 0 Å². The van der Waals surface area contributed by atoms with E-state index in [1.807, 2.05) is 36.4 Å². The highest BCUT2D eigenvalue weighted by Crippen LogP contribution is 2.27. The van der Waals surface area contributed by atoms with Gasteiger partial charge in [0.1, 0.15) is 0 Å². The number of nitrogens with one attached hydrogen (secondary N) is 2. The van der Waals surface area contributed by atoms with Gasteiger partial charge in [0.2, 0.25) is 11.8 Å². The van der Waals surface area contributed by atoms with E-state index in [1.54, 1.807) is 0 Å². The second kappa shape index (κ2) is 7.97. The van der Waals surface area contributed by atoms with Gasteiger partial charge in [0.05, 0.1) is 0 Å². The molecular weight excluding hydrogens is 312 g/mol. The molecule has 1 unspecified atom stereocenters. The van der Waals surface area contributed by atoms with Gasteiger partial charge >= 0.3 is 0 Å². The molecule has 25 heavy (non-hydrogen) atoms. The first-order valence-corrected chi connectivity index (χ1v) is 8.83. The summed E-state index contributed by atoms with van der Waals surface area (Å²) in [7, 11) is 0. The topological polar surface area (TPSA) is 58.2 Å². The zero-order valence-electron chi connectivity index (χ0n) is 14.5. The SMILES string of the molecule is Cc1ccccc1CCNC(=O)CCC1Cc2ccccc2NC1=O. The molecule has 0 saturated heterocycles. The number of para-hydroxylation sites is 1. The number of benzene rings is 2. The summed E-state index contributed by atoms with van der Waals surface area (Å²) in [6, 6.07) is 16.1. The van der Waals surface area contributed by atoms with Crippen LogP contribution in [0.2, 0.25) is 0 Å². The summed E-state index contributed by atoms with van der Waals surface area (Å²) < 4.78 is 0. The second-order valence-corrected chi connectivity index (χ2v) is 6.61. The van der Waals surface area contributed by atoms with Crippen molar-refractivity contribution in [2.75, 3.05) is 11.9 Å². The molecule has 3 rings (SSSR count). The minimum absolute atomic E-state index is 0.0141. The van der Waals surface area contributed by atoms with Crippen LogP contribution in [-0.4, -0.2) is 18.4 Å². The minimum Gasteiger partial charge on any atom is -0.356 e. The van der Waals surface area contributed by atoms with Crippen LogP contribution in [0.15, 0.2) is 48.5 Å². The average molecular weight is 336 g/mol. The predicted octanol–water partition coefficient (Wildman–Crippen LogP) is 3.24. The summed E-state index contributed by atoms with van der Waals surface area (Å²) in [5.41, 5.74) is 4.54. The normalized spacial score (nSPS) is 16.0. The lowest BCUT2D eigenvalue weighted by Gasteiger charge is -2.24. The lowest BCUT2D eigenvalue weighted by molar-refractivity contribution is -0.122. The number of anilines is 1. The standard InChI is InChI=1S/C21H24N2O2/c1-15-6-2-3-7-16(15)12-13-22-20(24)11-10-18-14-17-8-4-5-9-19(17)23-21(18)25/h2-9,18H,10-14H2,1H3,(H,22,24)(H,23,25). The van der Waals surface area contributed by atoms with E-state index in [4.69, 9.17) is 0 Å². The van der Waals surface area contributed by atoms with Crippen molar-refractivity contribution in [2.24, 2.45) is 5.92 Å². The van der Waals surface area contributed by atoms with E-state index in [-0.39, 0.29) is 17.7 Å². The summed E-state index contributed by atoms with van der Waals surface area (Å²) in [4.78, 5) is 24.2. The van der Waals surface area contributed by atoms with Crippen molar-refractivity contribution >= 4 is 17.5 Å². The monoisotopic (exact) mass is 336 g/mol. The molecule has 0 spiro atoms. The van der Waals surface area contributed by atoms with Gasteiger partial charge in [-0.25, -0.2) is 0 Å². The Morgan fingerprint density at radius 3 is 2.76 bits per heavy atom. The number of rotatable bonds is 6. The average Bonchev–Trinajstić information content (AvgIpc) is 2.61. The van der Waals surface area contributed by atoms with Crippen LogP contribution in [0.5, 0.6) is 0 Å². The Hall–Kier alpha value is -2.62. The molecule has 1 aliphatic heterocycles. The van der Waals surface area contributed by atoms with Gasteiger partial charge in [-0.2, -0.15) is 0 Å². The lowest BCUT2D eigenvalue weighted by atomic mass is 9.89. The van der Waals surface area contributed by atoms with Gasteiger partial charge in [0, 0.05) is 24.6 Å². The van der Waals surface area contributed by atoms with Gasteiger partial charge < -0.3 is 10.6 Å². The van der Waals surface area contributed by atoms with Crippen molar-refractivity contribution in [3.8, 4) is 0 Å². The first-order valence-electron chi connectivity index (χ1n) is 8.83. The second-order valence-electron chi connectivity index (χ2n) is 6.61. The Morgan fingerprint density at radius 1 is 1.16 bits per heavy atom. The third-order valence-corrected chi connectivity index (χ3v) is 4.81. The van der Waals surface area contributed by atoms with E-state index >= 15 is 0 Å². The van der Waals surface area contributed by atoms with Gasteiger partial charge in [-0.3, -0.25) is 9.59 Å². The summed E-state index contributed by atoms with van der Waals surface area (Å²) >= 11 is 0. The zero-order valence-corrected chi connectivity index (χ0v) is 14.5. The van der Waals surface area contributed by atoms with Crippen LogP contribution in [0.25, 0.3) is 0 Å². The van der Waals surface area contributed by atoms with Gasteiger partial charge in [-0.15, -0.1) is 0 Å². The number of amides is 2. The molecule has 2 aromatic carbocycles. The van der Waals surface area contributed by atoms with E-state index in [0.717, 1.165) is 17.7 Å². The van der Waals surface area contributed by atoms with E-state index < -0.39 is 0 Å². The fourth-order valence-electron chi connectivity index (χ4n) is 3.27. The Balaban J connectivity index is 1.43. The highest BCUT2D eigenvalue weighted by molar-refractivity contribution is 5.96. The molecule has 0 aromatic heterocycles. The van der Waals surface area contributed by atoms with Crippen molar-refractivity contribution in [2.45, 2.75) is 32.6 Å². The molecule has 0 bridgehead atoms. The molecule has 1 aliphatic rings. The maximum Gasteiger partial charge on any atom is 0.227 e. The fourth-order valence-corrected chi connectivity index (χ4v) is 3.27. The van der Waals surface area contributed by atoms with Crippen LogP contribution in [0.1, 0.15) is 29.5 Å². The maximum absolute atomic E-state index is 12.2. The van der Waals surface area contributed by atoms with E-state index in [2.05, 4.69) is 29.7 Å². The van der Waals surface area contributed by atoms with E-state index in [1.165, 1.54) is 11.1 Å². The summed E-state index contributed by atoms with van der Waals surface area (Å²) in [6.45, 7) is 2.71. The molecule has 2 aromatic rings. The van der Waals surface area contributed by atoms with Crippen molar-refractivity contribution in [3.05, 3.63) is 65.2 Å². The lowest BCUT2D eigenvalue weighted by Crippen LogP contribution is -2.32. The molecule has 0 fully saturated rings. The quantitative estimate of drug-likeness (QED) is 0.851. The number of fused-ring (bicyclic) bond motifs is 1. The minimum atomic E-state index is -0.128. The van der Waals surface area contributed by atoms with Crippen LogP contribution >= 0.6 is 0 Å². The zero-order chi connectivity index (χ0) is 17.6. The molecule has 0 aliphatic carbocycles. The number of carbonyl (C=O) groups is 2. The highest BCUT2D eigenvalue weighted by atomic mass is 16.2. The molecule has 4 nitrogen and oxygen atoms in total. The number of hydrogen-bond acceptors (Lipinski definition) is 2. The summed E-state index contributed by atoms with van der Waals surface area (Å²) in [6.07, 6.45) is 2.50. The molecule has 2 N–H and O–H groups in total. The third kappa shape index (κ3) is 4.47. The van der Waals surface area contributed by atoms with Crippen LogP contribution in [0, 0.1) is 12.8 Å². The summed E-state index contributed by atoms with van der Waals surface area (Å²) in [5.74, 6) is -0.0938. The van der Waals surface area contributed by atoms with Crippen LogP contribution < -0.4 is 10.6 Å². The fraction of sp³-hybridized carbons (Fsp3) is 0.333. The number of carbonyl (C=O) groups excluding carboxylic acids is 2. The molecule has 4 heteroatoms.